The first-order valence-electron chi connectivity index (χ1n) is 6.66. The van der Waals surface area contributed by atoms with Crippen molar-refractivity contribution < 1.29 is 14.7 Å². The predicted molar refractivity (Wildman–Crippen MR) is 72.3 cm³/mol. The number of amides is 1. The number of aliphatic carboxylic acids is 1. The van der Waals surface area contributed by atoms with Gasteiger partial charge < -0.3 is 10.8 Å². The van der Waals surface area contributed by atoms with Gasteiger partial charge in [0.1, 0.15) is 0 Å². The van der Waals surface area contributed by atoms with Crippen LogP contribution in [0.4, 0.5) is 0 Å². The Hall–Kier alpha value is -1.06. The number of nitrogens with two attached hydrogens (primary N) is 1. The van der Waals surface area contributed by atoms with Gasteiger partial charge in [-0.25, -0.2) is 0 Å². The molecule has 0 aromatic rings. The number of hydrogen-bond acceptors (Lipinski definition) is 2. The Morgan fingerprint density at radius 2 is 1.21 bits per heavy atom. The standard InChI is InChI=1S/C7H11NO.C7H10O2.CH4/c2*1-6-2-7(3-6,4-6)5(8)9;/h2-4H2,1H3,(H2,8,9);2-4H2,1H3,(H,8,9);1H4. The summed E-state index contributed by atoms with van der Waals surface area (Å²) < 4.78 is 0. The molecule has 19 heavy (non-hydrogen) atoms. The van der Waals surface area contributed by atoms with Crippen LogP contribution in [-0.4, -0.2) is 17.0 Å². The normalized spacial score (nSPS) is 50.6. The Morgan fingerprint density at radius 3 is 1.32 bits per heavy atom. The van der Waals surface area contributed by atoms with Gasteiger partial charge >= 0.3 is 5.97 Å². The van der Waals surface area contributed by atoms with Crippen LogP contribution < -0.4 is 5.73 Å². The lowest BCUT2D eigenvalue weighted by Crippen LogP contribution is -2.65. The molecule has 0 heterocycles. The maximum absolute atomic E-state index is 10.7. The highest BCUT2D eigenvalue weighted by Gasteiger charge is 2.69. The minimum atomic E-state index is -0.578. The zero-order valence-electron chi connectivity index (χ0n) is 11.1. The molecule has 6 rings (SSSR count). The average molecular weight is 267 g/mol. The fourth-order valence-electron chi connectivity index (χ4n) is 5.08. The van der Waals surface area contributed by atoms with Crippen LogP contribution in [0.1, 0.15) is 59.8 Å². The number of rotatable bonds is 2. The largest absolute Gasteiger partial charge is 0.481 e. The van der Waals surface area contributed by atoms with Gasteiger partial charge in [0, 0.05) is 0 Å². The van der Waals surface area contributed by atoms with Crippen LogP contribution >= 0.6 is 0 Å². The highest BCUT2D eigenvalue weighted by molar-refractivity contribution is 5.84. The third-order valence-corrected chi connectivity index (χ3v) is 5.57. The molecule has 4 bridgehead atoms. The summed E-state index contributed by atoms with van der Waals surface area (Å²) in [6.07, 6.45) is 5.93. The zero-order chi connectivity index (χ0) is 13.4. The smallest absolute Gasteiger partial charge is 0.309 e. The van der Waals surface area contributed by atoms with E-state index in [1.54, 1.807) is 0 Å². The third-order valence-electron chi connectivity index (χ3n) is 5.57. The van der Waals surface area contributed by atoms with Gasteiger partial charge in [0.25, 0.3) is 0 Å². The van der Waals surface area contributed by atoms with Gasteiger partial charge in [0.05, 0.1) is 10.8 Å². The summed E-state index contributed by atoms with van der Waals surface area (Å²) in [4.78, 5) is 21.2. The maximum atomic E-state index is 10.7. The van der Waals surface area contributed by atoms with Crippen LogP contribution in [0.25, 0.3) is 0 Å². The minimum absolute atomic E-state index is 0. The summed E-state index contributed by atoms with van der Waals surface area (Å²) in [6.45, 7) is 4.38. The molecular formula is C15H25NO3. The van der Waals surface area contributed by atoms with Crippen molar-refractivity contribution in [3.8, 4) is 0 Å². The van der Waals surface area contributed by atoms with E-state index < -0.39 is 5.97 Å². The first-order chi connectivity index (χ1) is 8.13. The summed E-state index contributed by atoms with van der Waals surface area (Å²) in [5, 5.41) is 8.64. The number of primary amides is 1. The van der Waals surface area contributed by atoms with Crippen LogP contribution in [0, 0.1) is 21.7 Å². The van der Waals surface area contributed by atoms with Gasteiger partial charge in [-0.3, -0.25) is 9.59 Å². The second-order valence-corrected chi connectivity index (χ2v) is 7.91. The molecule has 0 aromatic heterocycles. The van der Waals surface area contributed by atoms with Gasteiger partial charge in [0.15, 0.2) is 0 Å². The molecule has 0 unspecified atom stereocenters. The first-order valence-corrected chi connectivity index (χ1v) is 6.66. The Balaban J connectivity index is 0.000000133. The fraction of sp³-hybridized carbons (Fsp3) is 0.867. The number of carboxylic acids is 1. The minimum Gasteiger partial charge on any atom is -0.481 e. The summed E-state index contributed by atoms with van der Waals surface area (Å²) in [5.41, 5.74) is 5.84. The van der Waals surface area contributed by atoms with Crippen LogP contribution in [0.3, 0.4) is 0 Å². The van der Waals surface area contributed by atoms with Crippen molar-refractivity contribution in [2.45, 2.75) is 59.8 Å². The first kappa shape index (κ1) is 14.4. The summed E-state index contributed by atoms with van der Waals surface area (Å²) in [5.74, 6) is -0.655. The Kier molecular flexibility index (Phi) is 2.66. The highest BCUT2D eigenvalue weighted by Crippen LogP contribution is 2.73. The van der Waals surface area contributed by atoms with E-state index in [0.717, 1.165) is 38.5 Å². The van der Waals surface area contributed by atoms with E-state index in [0.29, 0.717) is 10.8 Å². The summed E-state index contributed by atoms with van der Waals surface area (Å²) in [6, 6.07) is 0. The lowest BCUT2D eigenvalue weighted by molar-refractivity contribution is -0.215. The molecule has 6 saturated carbocycles. The second-order valence-electron chi connectivity index (χ2n) is 7.91. The Bertz CT molecular complexity index is 373. The molecule has 6 aliphatic rings. The molecule has 0 spiro atoms. The monoisotopic (exact) mass is 267 g/mol. The Morgan fingerprint density at radius 1 is 0.895 bits per heavy atom. The van der Waals surface area contributed by atoms with Gasteiger partial charge in [-0.1, -0.05) is 21.3 Å². The van der Waals surface area contributed by atoms with E-state index >= 15 is 0 Å². The van der Waals surface area contributed by atoms with E-state index in [2.05, 4.69) is 13.8 Å². The van der Waals surface area contributed by atoms with E-state index in [-0.39, 0.29) is 24.2 Å². The molecule has 0 saturated heterocycles. The van der Waals surface area contributed by atoms with Crippen LogP contribution in [0.15, 0.2) is 0 Å². The van der Waals surface area contributed by atoms with Crippen molar-refractivity contribution in [2.75, 3.05) is 0 Å². The molecule has 0 radical (unpaired) electrons. The lowest BCUT2D eigenvalue weighted by Gasteiger charge is -2.67. The van der Waals surface area contributed by atoms with Crippen molar-refractivity contribution in [2.24, 2.45) is 27.4 Å². The molecule has 1 amide bonds. The van der Waals surface area contributed by atoms with Gasteiger partial charge in [0.2, 0.25) is 5.91 Å². The van der Waals surface area contributed by atoms with Gasteiger partial charge in [-0.2, -0.15) is 0 Å². The maximum Gasteiger partial charge on any atom is 0.309 e. The summed E-state index contributed by atoms with van der Waals surface area (Å²) >= 11 is 0. The van der Waals surface area contributed by atoms with Crippen molar-refractivity contribution in [1.29, 1.82) is 0 Å². The molecule has 108 valence electrons. The topological polar surface area (TPSA) is 80.4 Å². The number of carboxylic acid groups (broad SMARTS) is 1. The molecule has 0 aromatic carbocycles. The number of hydrogen-bond donors (Lipinski definition) is 2. The SMILES string of the molecule is C.CC12CC(C(=O)O)(C1)C2.CC12CC(C(N)=O)(C1)C2. The quantitative estimate of drug-likeness (QED) is 0.806. The van der Waals surface area contributed by atoms with Crippen molar-refractivity contribution in [3.63, 3.8) is 0 Å². The molecule has 6 aliphatic carbocycles. The number of carbonyl (C=O) groups excluding carboxylic acids is 1. The molecule has 0 atom stereocenters. The average Bonchev–Trinajstić information content (AvgIpc) is 2.04. The van der Waals surface area contributed by atoms with Gasteiger partial charge in [-0.05, 0) is 49.4 Å². The molecule has 4 nitrogen and oxygen atoms in total. The van der Waals surface area contributed by atoms with Crippen LogP contribution in [-0.2, 0) is 9.59 Å². The predicted octanol–water partition coefficient (Wildman–Crippen LogP) is 2.56. The summed E-state index contributed by atoms with van der Waals surface area (Å²) in [7, 11) is 0. The van der Waals surface area contributed by atoms with Crippen molar-refractivity contribution >= 4 is 11.9 Å². The molecule has 3 N–H and O–H groups in total. The van der Waals surface area contributed by atoms with Crippen molar-refractivity contribution in [1.82, 2.24) is 0 Å². The van der Waals surface area contributed by atoms with Gasteiger partial charge in [-0.15, -0.1) is 0 Å². The second kappa shape index (κ2) is 3.53. The molecule has 4 heteroatoms. The van der Waals surface area contributed by atoms with Crippen LogP contribution in [0.2, 0.25) is 0 Å². The van der Waals surface area contributed by atoms with Crippen molar-refractivity contribution in [3.05, 3.63) is 0 Å². The fourth-order valence-corrected chi connectivity index (χ4v) is 5.08. The molecular weight excluding hydrogens is 242 g/mol. The lowest BCUT2D eigenvalue weighted by atomic mass is 9.36. The highest BCUT2D eigenvalue weighted by atomic mass is 16.4. The molecule has 0 aliphatic heterocycles. The van der Waals surface area contributed by atoms with E-state index in [1.165, 1.54) is 0 Å². The molecule has 6 fully saturated rings. The van der Waals surface area contributed by atoms with E-state index in [1.807, 2.05) is 0 Å². The Labute approximate surface area is 114 Å². The number of carbonyl (C=O) groups is 2. The zero-order valence-corrected chi connectivity index (χ0v) is 11.1. The van der Waals surface area contributed by atoms with E-state index in [4.69, 9.17) is 10.8 Å². The third kappa shape index (κ3) is 1.72. The van der Waals surface area contributed by atoms with Crippen LogP contribution in [0.5, 0.6) is 0 Å². The van der Waals surface area contributed by atoms with E-state index in [9.17, 15) is 9.59 Å².